The fourth-order valence-electron chi connectivity index (χ4n) is 0.958. The van der Waals surface area contributed by atoms with Crippen molar-refractivity contribution in [3.05, 3.63) is 30.4 Å². The quantitative estimate of drug-likeness (QED) is 0.668. The van der Waals surface area contributed by atoms with E-state index in [1.165, 1.54) is 0 Å². The molecule has 64 valence electrons. The van der Waals surface area contributed by atoms with Crippen molar-refractivity contribution in [2.75, 3.05) is 0 Å². The minimum Gasteiger partial charge on any atom is -0.307 e. The maximum absolute atomic E-state index is 4.05. The summed E-state index contributed by atoms with van der Waals surface area (Å²) < 4.78 is 2.00. The fraction of sp³-hybridized carbons (Fsp3) is 0.300. The normalized spacial score (nSPS) is 11.8. The molecule has 0 aliphatic rings. The number of nitrogens with zero attached hydrogens (tertiary/aromatic N) is 2. The molecular formula is C10H14N2. The Morgan fingerprint density at radius 3 is 3.08 bits per heavy atom. The summed E-state index contributed by atoms with van der Waals surface area (Å²) in [6.45, 7) is 4.11. The molecule has 0 aliphatic carbocycles. The highest BCUT2D eigenvalue weighted by molar-refractivity contribution is 5.47. The Kier molecular flexibility index (Phi) is 3.33. The van der Waals surface area contributed by atoms with E-state index in [-0.39, 0.29) is 0 Å². The van der Waals surface area contributed by atoms with Crippen LogP contribution in [0, 0.1) is 0 Å². The van der Waals surface area contributed by atoms with Gasteiger partial charge < -0.3 is 4.57 Å². The van der Waals surface area contributed by atoms with E-state index in [1.807, 2.05) is 42.4 Å². The molecule has 0 aromatic carbocycles. The first-order valence-corrected chi connectivity index (χ1v) is 4.19. The van der Waals surface area contributed by atoms with Crippen molar-refractivity contribution >= 4 is 12.3 Å². The van der Waals surface area contributed by atoms with E-state index in [9.17, 15) is 0 Å². The number of hydrogen-bond donors (Lipinski definition) is 0. The SMILES string of the molecule is C/C=C\c1cncn1/C=C\CC. The highest BCUT2D eigenvalue weighted by atomic mass is 15.0. The second-order valence-corrected chi connectivity index (χ2v) is 2.52. The number of rotatable bonds is 3. The molecule has 2 nitrogen and oxygen atoms in total. The molecule has 0 saturated heterocycles. The minimum atomic E-state index is 1.05. The van der Waals surface area contributed by atoms with Gasteiger partial charge in [-0.1, -0.05) is 19.1 Å². The van der Waals surface area contributed by atoms with Crippen molar-refractivity contribution in [1.82, 2.24) is 9.55 Å². The van der Waals surface area contributed by atoms with E-state index in [1.54, 1.807) is 0 Å². The monoisotopic (exact) mass is 162 g/mol. The van der Waals surface area contributed by atoms with Crippen LogP contribution < -0.4 is 0 Å². The highest BCUT2D eigenvalue weighted by Crippen LogP contribution is 2.02. The molecule has 1 aromatic rings. The van der Waals surface area contributed by atoms with Crippen molar-refractivity contribution in [2.45, 2.75) is 20.3 Å². The van der Waals surface area contributed by atoms with Crippen molar-refractivity contribution < 1.29 is 0 Å². The largest absolute Gasteiger partial charge is 0.307 e. The van der Waals surface area contributed by atoms with Crippen LogP contribution >= 0.6 is 0 Å². The van der Waals surface area contributed by atoms with Crippen LogP contribution in [0.3, 0.4) is 0 Å². The lowest BCUT2D eigenvalue weighted by atomic mass is 10.4. The average molecular weight is 162 g/mol. The highest BCUT2D eigenvalue weighted by Gasteiger charge is 1.91. The Bertz CT molecular complexity index is 282. The molecule has 0 aliphatic heterocycles. The fourth-order valence-corrected chi connectivity index (χ4v) is 0.958. The molecule has 0 atom stereocenters. The van der Waals surface area contributed by atoms with Gasteiger partial charge in [0.1, 0.15) is 0 Å². The zero-order valence-electron chi connectivity index (χ0n) is 7.57. The zero-order chi connectivity index (χ0) is 8.81. The summed E-state index contributed by atoms with van der Waals surface area (Å²) in [5.41, 5.74) is 1.11. The molecule has 0 N–H and O–H groups in total. The van der Waals surface area contributed by atoms with Crippen molar-refractivity contribution in [2.24, 2.45) is 0 Å². The standard InChI is InChI=1S/C10H14N2/c1-3-5-7-12-9-11-8-10(12)6-4-2/h4-9H,3H2,1-2H3/b6-4-,7-5-. The topological polar surface area (TPSA) is 17.8 Å². The summed E-state index contributed by atoms with van der Waals surface area (Å²) in [6.07, 6.45) is 12.9. The van der Waals surface area contributed by atoms with Crippen molar-refractivity contribution in [3.8, 4) is 0 Å². The summed E-state index contributed by atoms with van der Waals surface area (Å²) in [5.74, 6) is 0. The molecular weight excluding hydrogens is 148 g/mol. The van der Waals surface area contributed by atoms with Crippen molar-refractivity contribution in [3.63, 3.8) is 0 Å². The minimum absolute atomic E-state index is 1.05. The first kappa shape index (κ1) is 8.78. The maximum Gasteiger partial charge on any atom is 0.0991 e. The Morgan fingerprint density at radius 2 is 2.42 bits per heavy atom. The molecule has 12 heavy (non-hydrogen) atoms. The number of allylic oxidation sites excluding steroid dienone is 2. The van der Waals surface area contributed by atoms with E-state index in [0.29, 0.717) is 0 Å². The van der Waals surface area contributed by atoms with Gasteiger partial charge in [0, 0.05) is 6.20 Å². The summed E-state index contributed by atoms with van der Waals surface area (Å²) in [6, 6.07) is 0. The Balaban J connectivity index is 2.83. The summed E-state index contributed by atoms with van der Waals surface area (Å²) in [7, 11) is 0. The first-order chi connectivity index (χ1) is 5.88. The van der Waals surface area contributed by atoms with Crippen LogP contribution in [0.4, 0.5) is 0 Å². The third-order valence-electron chi connectivity index (χ3n) is 1.54. The molecule has 2 heteroatoms. The number of imidazole rings is 1. The van der Waals surface area contributed by atoms with Crippen LogP contribution in [-0.2, 0) is 0 Å². The van der Waals surface area contributed by atoms with Gasteiger partial charge in [-0.3, -0.25) is 0 Å². The molecule has 1 aromatic heterocycles. The summed E-state index contributed by atoms with van der Waals surface area (Å²) in [4.78, 5) is 4.05. The molecule has 1 heterocycles. The van der Waals surface area contributed by atoms with Crippen LogP contribution in [-0.4, -0.2) is 9.55 Å². The second-order valence-electron chi connectivity index (χ2n) is 2.52. The Morgan fingerprint density at radius 1 is 1.58 bits per heavy atom. The Hall–Kier alpha value is -1.31. The van der Waals surface area contributed by atoms with Gasteiger partial charge in [0.25, 0.3) is 0 Å². The van der Waals surface area contributed by atoms with Crippen LogP contribution in [0.25, 0.3) is 12.3 Å². The Labute approximate surface area is 73.2 Å². The van der Waals surface area contributed by atoms with Gasteiger partial charge in [0.05, 0.1) is 18.2 Å². The maximum atomic E-state index is 4.05. The molecule has 0 spiro atoms. The van der Waals surface area contributed by atoms with E-state index >= 15 is 0 Å². The molecule has 0 fully saturated rings. The number of aromatic nitrogens is 2. The molecule has 0 saturated carbocycles. The molecule has 1 rings (SSSR count). The molecule has 0 radical (unpaired) electrons. The van der Waals surface area contributed by atoms with Gasteiger partial charge in [-0.15, -0.1) is 0 Å². The lowest BCUT2D eigenvalue weighted by molar-refractivity contribution is 1.10. The molecule has 0 bridgehead atoms. The van der Waals surface area contributed by atoms with E-state index < -0.39 is 0 Å². The lowest BCUT2D eigenvalue weighted by Crippen LogP contribution is -1.85. The second kappa shape index (κ2) is 4.54. The zero-order valence-corrected chi connectivity index (χ0v) is 7.57. The van der Waals surface area contributed by atoms with Gasteiger partial charge in [0.15, 0.2) is 0 Å². The van der Waals surface area contributed by atoms with Crippen LogP contribution in [0.2, 0.25) is 0 Å². The third-order valence-corrected chi connectivity index (χ3v) is 1.54. The van der Waals surface area contributed by atoms with Gasteiger partial charge in [-0.2, -0.15) is 0 Å². The van der Waals surface area contributed by atoms with Crippen molar-refractivity contribution in [1.29, 1.82) is 0 Å². The molecule has 0 unspecified atom stereocenters. The summed E-state index contributed by atoms with van der Waals surface area (Å²) >= 11 is 0. The predicted octanol–water partition coefficient (Wildman–Crippen LogP) is 2.80. The van der Waals surface area contributed by atoms with Gasteiger partial charge in [0.2, 0.25) is 0 Å². The van der Waals surface area contributed by atoms with Gasteiger partial charge in [-0.25, -0.2) is 4.98 Å². The first-order valence-electron chi connectivity index (χ1n) is 4.19. The van der Waals surface area contributed by atoms with Gasteiger partial charge in [-0.05, 0) is 19.4 Å². The predicted molar refractivity (Wildman–Crippen MR) is 52.6 cm³/mol. The lowest BCUT2D eigenvalue weighted by Gasteiger charge is -1.94. The van der Waals surface area contributed by atoms with Crippen LogP contribution in [0.5, 0.6) is 0 Å². The average Bonchev–Trinajstić information content (AvgIpc) is 2.50. The number of hydrogen-bond acceptors (Lipinski definition) is 1. The van der Waals surface area contributed by atoms with Crippen LogP contribution in [0.15, 0.2) is 24.7 Å². The summed E-state index contributed by atoms with van der Waals surface area (Å²) in [5, 5.41) is 0. The van der Waals surface area contributed by atoms with E-state index in [4.69, 9.17) is 0 Å². The van der Waals surface area contributed by atoms with Gasteiger partial charge >= 0.3 is 0 Å². The van der Waals surface area contributed by atoms with E-state index in [2.05, 4.69) is 18.0 Å². The van der Waals surface area contributed by atoms with E-state index in [0.717, 1.165) is 12.1 Å². The smallest absolute Gasteiger partial charge is 0.0991 e. The molecule has 0 amide bonds. The third kappa shape index (κ3) is 2.09. The van der Waals surface area contributed by atoms with Crippen LogP contribution in [0.1, 0.15) is 26.0 Å².